The molecule has 29 heavy (non-hydrogen) atoms. The van der Waals surface area contributed by atoms with Gasteiger partial charge in [-0.15, -0.1) is 0 Å². The number of hydrogen-bond acceptors (Lipinski definition) is 7. The van der Waals surface area contributed by atoms with Crippen LogP contribution in [0.1, 0.15) is 31.0 Å². The van der Waals surface area contributed by atoms with Crippen LogP contribution in [0.2, 0.25) is 0 Å². The summed E-state index contributed by atoms with van der Waals surface area (Å²) in [7, 11) is 0. The van der Waals surface area contributed by atoms with Gasteiger partial charge in [-0.2, -0.15) is 5.26 Å². The number of nitrogens with zero attached hydrogens (tertiary/aromatic N) is 2. The predicted octanol–water partition coefficient (Wildman–Crippen LogP) is 2.26. The number of aryl methyl sites for hydroxylation is 1. The number of thioether (sulfide) groups is 1. The molecule has 2 N–H and O–H groups in total. The van der Waals surface area contributed by atoms with Gasteiger partial charge in [-0.05, 0) is 26.8 Å². The largest absolute Gasteiger partial charge is 0.494 e. The van der Waals surface area contributed by atoms with Crippen molar-refractivity contribution < 1.29 is 19.1 Å². The first-order valence-corrected chi connectivity index (χ1v) is 10.2. The van der Waals surface area contributed by atoms with Crippen LogP contribution in [0.5, 0.6) is 5.75 Å². The molecule has 1 fully saturated rings. The monoisotopic (exact) mass is 416 g/mol. The Morgan fingerprint density at radius 2 is 2.21 bits per heavy atom. The number of rotatable bonds is 9. The number of hydrogen-bond donors (Lipinski definition) is 2. The van der Waals surface area contributed by atoms with Gasteiger partial charge in [0.1, 0.15) is 17.4 Å². The average Bonchev–Trinajstić information content (AvgIpc) is 3.01. The third-order valence-electron chi connectivity index (χ3n) is 4.21. The van der Waals surface area contributed by atoms with E-state index < -0.39 is 5.91 Å². The molecule has 1 saturated heterocycles. The fourth-order valence-corrected chi connectivity index (χ4v) is 3.49. The zero-order valence-corrected chi connectivity index (χ0v) is 17.5. The summed E-state index contributed by atoms with van der Waals surface area (Å²) in [4.78, 5) is 36.7. The fourth-order valence-electron chi connectivity index (χ4n) is 2.74. The van der Waals surface area contributed by atoms with Gasteiger partial charge in [-0.1, -0.05) is 29.5 Å². The minimum absolute atomic E-state index is 0.101. The lowest BCUT2D eigenvalue weighted by Crippen LogP contribution is -2.34. The highest BCUT2D eigenvalue weighted by molar-refractivity contribution is 8.14. The zero-order chi connectivity index (χ0) is 21.4. The van der Waals surface area contributed by atoms with E-state index in [9.17, 15) is 19.6 Å². The molecule has 0 aliphatic carbocycles. The summed E-state index contributed by atoms with van der Waals surface area (Å²) in [6.07, 6.45) is 1.29. The van der Waals surface area contributed by atoms with Crippen molar-refractivity contribution in [3.63, 3.8) is 0 Å². The van der Waals surface area contributed by atoms with Crippen molar-refractivity contribution in [3.8, 4) is 11.8 Å². The highest BCUT2D eigenvalue weighted by Crippen LogP contribution is 2.26. The van der Waals surface area contributed by atoms with E-state index in [1.807, 2.05) is 45.0 Å². The van der Waals surface area contributed by atoms with Crippen LogP contribution in [0.25, 0.3) is 0 Å². The minimum atomic E-state index is -0.527. The van der Waals surface area contributed by atoms with Crippen molar-refractivity contribution in [2.45, 2.75) is 26.8 Å². The van der Waals surface area contributed by atoms with Crippen LogP contribution in [-0.4, -0.2) is 47.4 Å². The van der Waals surface area contributed by atoms with E-state index in [2.05, 4.69) is 10.6 Å². The molecule has 9 heteroatoms. The molecule has 1 aliphatic heterocycles. The third kappa shape index (κ3) is 5.99. The third-order valence-corrected chi connectivity index (χ3v) is 5.07. The summed E-state index contributed by atoms with van der Waals surface area (Å²) in [5.74, 6) is 0.0759. The van der Waals surface area contributed by atoms with Crippen molar-refractivity contribution in [3.05, 3.63) is 41.1 Å². The summed E-state index contributed by atoms with van der Waals surface area (Å²) in [6, 6.07) is 7.22. The van der Waals surface area contributed by atoms with Crippen LogP contribution >= 0.6 is 11.8 Å². The summed E-state index contributed by atoms with van der Waals surface area (Å²) in [5.41, 5.74) is 1.76. The molecule has 154 valence electrons. The number of nitriles is 1. The second kappa shape index (κ2) is 10.5. The van der Waals surface area contributed by atoms with Gasteiger partial charge >= 0.3 is 0 Å². The molecular weight excluding hydrogens is 392 g/mol. The van der Waals surface area contributed by atoms with Crippen LogP contribution in [0.3, 0.4) is 0 Å². The first-order chi connectivity index (χ1) is 13.9. The van der Waals surface area contributed by atoms with Gasteiger partial charge < -0.3 is 15.4 Å². The van der Waals surface area contributed by atoms with Crippen LogP contribution in [0.15, 0.2) is 30.0 Å². The summed E-state index contributed by atoms with van der Waals surface area (Å²) >= 11 is 0.965. The average molecular weight is 417 g/mol. The number of imide groups is 1. The standard InChI is InChI=1S/C20H24N4O4S/c1-4-28-17-6-5-13(2)9-16(17)14(3)23-19(26)15(10-21)11-22-7-8-24-18(25)12-29-20(24)27/h5-6,9,11,14,22H,4,7-8,12H2,1-3H3,(H,23,26)/b15-11-. The van der Waals surface area contributed by atoms with Crippen LogP contribution in [0.4, 0.5) is 4.79 Å². The number of carbonyl (C=O) groups excluding carboxylic acids is 3. The molecule has 0 aromatic heterocycles. The molecule has 0 radical (unpaired) electrons. The van der Waals surface area contributed by atoms with Gasteiger partial charge in [-0.3, -0.25) is 19.3 Å². The minimum Gasteiger partial charge on any atom is -0.494 e. The molecule has 0 saturated carbocycles. The Hall–Kier alpha value is -2.99. The lowest BCUT2D eigenvalue weighted by Gasteiger charge is -2.18. The first-order valence-electron chi connectivity index (χ1n) is 9.22. The van der Waals surface area contributed by atoms with Gasteiger partial charge in [0.15, 0.2) is 0 Å². The first kappa shape index (κ1) is 22.3. The molecule has 8 nitrogen and oxygen atoms in total. The highest BCUT2D eigenvalue weighted by atomic mass is 32.2. The van der Waals surface area contributed by atoms with E-state index in [1.54, 1.807) is 0 Å². The Morgan fingerprint density at radius 3 is 2.83 bits per heavy atom. The fraction of sp³-hybridized carbons (Fsp3) is 0.400. The van der Waals surface area contributed by atoms with Gasteiger partial charge in [-0.25, -0.2) is 0 Å². The van der Waals surface area contributed by atoms with Crippen molar-refractivity contribution in [1.82, 2.24) is 15.5 Å². The zero-order valence-electron chi connectivity index (χ0n) is 16.7. The predicted molar refractivity (Wildman–Crippen MR) is 110 cm³/mol. The Labute approximate surface area is 174 Å². The van der Waals surface area contributed by atoms with E-state index in [1.165, 1.54) is 6.20 Å². The van der Waals surface area contributed by atoms with E-state index >= 15 is 0 Å². The second-order valence-corrected chi connectivity index (χ2v) is 7.32. The molecule has 1 atom stereocenters. The SMILES string of the molecule is CCOc1ccc(C)cc1C(C)NC(=O)/C(C#N)=C\NCCN1C(=O)CSC1=O. The lowest BCUT2D eigenvalue weighted by atomic mass is 10.0. The molecule has 1 aromatic carbocycles. The molecule has 0 spiro atoms. The molecule has 1 aromatic rings. The molecule has 3 amide bonds. The van der Waals surface area contributed by atoms with E-state index in [0.29, 0.717) is 12.4 Å². The molecule has 1 unspecified atom stereocenters. The van der Waals surface area contributed by atoms with Gasteiger partial charge in [0, 0.05) is 24.9 Å². The Bertz CT molecular complexity index is 847. The molecule has 0 bridgehead atoms. The Kier molecular flexibility index (Phi) is 8.09. The van der Waals surface area contributed by atoms with Crippen LogP contribution in [-0.2, 0) is 9.59 Å². The topological polar surface area (TPSA) is 112 Å². The van der Waals surface area contributed by atoms with Crippen molar-refractivity contribution in [2.24, 2.45) is 0 Å². The number of nitrogens with one attached hydrogen (secondary N) is 2. The van der Waals surface area contributed by atoms with Crippen molar-refractivity contribution in [1.29, 1.82) is 5.26 Å². The Balaban J connectivity index is 1.96. The van der Waals surface area contributed by atoms with Gasteiger partial charge in [0.2, 0.25) is 5.91 Å². The molecule has 2 rings (SSSR count). The number of ether oxygens (including phenoxy) is 1. The summed E-state index contributed by atoms with van der Waals surface area (Å²) in [6.45, 7) is 6.59. The lowest BCUT2D eigenvalue weighted by molar-refractivity contribution is -0.124. The van der Waals surface area contributed by atoms with E-state index in [0.717, 1.165) is 27.8 Å². The highest BCUT2D eigenvalue weighted by Gasteiger charge is 2.29. The number of carbonyl (C=O) groups is 3. The number of amides is 3. The Morgan fingerprint density at radius 1 is 1.45 bits per heavy atom. The maximum absolute atomic E-state index is 12.5. The van der Waals surface area contributed by atoms with E-state index in [-0.39, 0.29) is 41.6 Å². The maximum Gasteiger partial charge on any atom is 0.288 e. The van der Waals surface area contributed by atoms with Crippen molar-refractivity contribution >= 4 is 28.8 Å². The van der Waals surface area contributed by atoms with Gasteiger partial charge in [0.05, 0.1) is 18.4 Å². The smallest absolute Gasteiger partial charge is 0.288 e. The normalized spacial score (nSPS) is 15.1. The van der Waals surface area contributed by atoms with Crippen LogP contribution in [0, 0.1) is 18.3 Å². The maximum atomic E-state index is 12.5. The molecule has 1 aliphatic rings. The quantitative estimate of drug-likeness (QED) is 0.361. The second-order valence-electron chi connectivity index (χ2n) is 6.39. The summed E-state index contributed by atoms with van der Waals surface area (Å²) < 4.78 is 5.62. The van der Waals surface area contributed by atoms with E-state index in [4.69, 9.17) is 4.74 Å². The molecule has 1 heterocycles. The van der Waals surface area contributed by atoms with Gasteiger partial charge in [0.25, 0.3) is 11.1 Å². The number of benzene rings is 1. The molecular formula is C20H24N4O4S. The van der Waals surface area contributed by atoms with Crippen molar-refractivity contribution in [2.75, 3.05) is 25.4 Å². The van der Waals surface area contributed by atoms with Crippen LogP contribution < -0.4 is 15.4 Å². The summed E-state index contributed by atoms with van der Waals surface area (Å²) in [5, 5.41) is 14.6.